The highest BCUT2D eigenvalue weighted by Crippen LogP contribution is 2.06. The molecule has 4 nitrogen and oxygen atoms in total. The van der Waals surface area contributed by atoms with Crippen LogP contribution in [0.3, 0.4) is 0 Å². The van der Waals surface area contributed by atoms with Crippen molar-refractivity contribution in [3.05, 3.63) is 69.6 Å². The predicted octanol–water partition coefficient (Wildman–Crippen LogP) is 1.02. The van der Waals surface area contributed by atoms with E-state index in [9.17, 15) is 4.79 Å². The molecule has 0 aliphatic carbocycles. The maximum absolute atomic E-state index is 12.1. The fourth-order valence-corrected chi connectivity index (χ4v) is 1.95. The predicted molar refractivity (Wildman–Crippen MR) is 78.1 cm³/mol. The summed E-state index contributed by atoms with van der Waals surface area (Å²) in [5.41, 5.74) is 7.48. The number of hydrogen-bond acceptors (Lipinski definition) is 3. The van der Waals surface area contributed by atoms with Crippen LogP contribution in [0.25, 0.3) is 0 Å². The summed E-state index contributed by atoms with van der Waals surface area (Å²) in [6.45, 7) is 0.457. The number of nitrogens with two attached hydrogens (primary N) is 1. The van der Waals surface area contributed by atoms with Crippen LogP contribution in [-0.2, 0) is 13.2 Å². The Morgan fingerprint density at radius 1 is 1.21 bits per heavy atom. The van der Waals surface area contributed by atoms with Crippen LogP contribution in [0.5, 0.6) is 0 Å². The summed E-state index contributed by atoms with van der Waals surface area (Å²) < 4.78 is 1.56. The van der Waals surface area contributed by atoms with E-state index in [2.05, 4.69) is 0 Å². The zero-order valence-corrected chi connectivity index (χ0v) is 11.1. The second-order valence-corrected chi connectivity index (χ2v) is 4.63. The Morgan fingerprint density at radius 3 is 2.42 bits per heavy atom. The van der Waals surface area contributed by atoms with Gasteiger partial charge in [-0.3, -0.25) is 4.79 Å². The van der Waals surface area contributed by atoms with Gasteiger partial charge in [0.2, 0.25) is 0 Å². The Bertz CT molecular complexity index is 647. The standard InChI is InChI=1S/C14H14N2O2S/c15-13(19)12-2-1-7-16(14(12)18)8-10-3-5-11(9-17)6-4-10/h1-7,17H,8-9H2,(H2,15,19). The summed E-state index contributed by atoms with van der Waals surface area (Å²) in [5.74, 6) is 0. The molecule has 0 aliphatic heterocycles. The molecule has 0 saturated carbocycles. The number of rotatable bonds is 4. The number of hydrogen-bond donors (Lipinski definition) is 2. The zero-order valence-electron chi connectivity index (χ0n) is 10.2. The number of aromatic nitrogens is 1. The molecule has 98 valence electrons. The van der Waals surface area contributed by atoms with Gasteiger partial charge in [0, 0.05) is 6.20 Å². The summed E-state index contributed by atoms with van der Waals surface area (Å²) in [7, 11) is 0. The summed E-state index contributed by atoms with van der Waals surface area (Å²) >= 11 is 4.84. The molecular formula is C14H14N2O2S. The molecule has 5 heteroatoms. The Hall–Kier alpha value is -1.98. The third-order valence-electron chi connectivity index (χ3n) is 2.84. The van der Waals surface area contributed by atoms with Gasteiger partial charge in [0.15, 0.2) is 0 Å². The van der Waals surface area contributed by atoms with Crippen molar-refractivity contribution in [1.29, 1.82) is 0 Å². The fraction of sp³-hybridized carbons (Fsp3) is 0.143. The van der Waals surface area contributed by atoms with E-state index in [0.717, 1.165) is 11.1 Å². The Kier molecular flexibility index (Phi) is 4.09. The van der Waals surface area contributed by atoms with Gasteiger partial charge in [0.1, 0.15) is 4.99 Å². The van der Waals surface area contributed by atoms with Crippen LogP contribution < -0.4 is 11.3 Å². The van der Waals surface area contributed by atoms with Crippen LogP contribution in [0.2, 0.25) is 0 Å². The van der Waals surface area contributed by atoms with Crippen LogP contribution in [-0.4, -0.2) is 14.7 Å². The lowest BCUT2D eigenvalue weighted by atomic mass is 10.1. The van der Waals surface area contributed by atoms with E-state index < -0.39 is 0 Å². The molecule has 0 aliphatic rings. The van der Waals surface area contributed by atoms with Gasteiger partial charge in [-0.2, -0.15) is 0 Å². The summed E-state index contributed by atoms with van der Waals surface area (Å²) in [6.07, 6.45) is 1.70. The molecule has 19 heavy (non-hydrogen) atoms. The topological polar surface area (TPSA) is 68.2 Å². The number of aliphatic hydroxyl groups is 1. The lowest BCUT2D eigenvalue weighted by molar-refractivity contribution is 0.282. The molecule has 0 spiro atoms. The highest BCUT2D eigenvalue weighted by Gasteiger charge is 2.05. The van der Waals surface area contributed by atoms with E-state index in [1.54, 1.807) is 22.9 Å². The molecule has 0 unspecified atom stereocenters. The summed E-state index contributed by atoms with van der Waals surface area (Å²) in [6, 6.07) is 10.8. The monoisotopic (exact) mass is 274 g/mol. The van der Waals surface area contributed by atoms with Gasteiger partial charge >= 0.3 is 0 Å². The molecule has 0 saturated heterocycles. The van der Waals surface area contributed by atoms with Crippen LogP contribution in [0.4, 0.5) is 0 Å². The van der Waals surface area contributed by atoms with Crippen molar-refractivity contribution in [3.63, 3.8) is 0 Å². The average molecular weight is 274 g/mol. The minimum absolute atomic E-state index is 0.0111. The second-order valence-electron chi connectivity index (χ2n) is 4.19. The van der Waals surface area contributed by atoms with Gasteiger partial charge in [-0.25, -0.2) is 0 Å². The van der Waals surface area contributed by atoms with Crippen molar-refractivity contribution in [2.75, 3.05) is 0 Å². The number of nitrogens with zero attached hydrogens (tertiary/aromatic N) is 1. The van der Waals surface area contributed by atoms with Crippen LogP contribution in [0.1, 0.15) is 16.7 Å². The summed E-state index contributed by atoms with van der Waals surface area (Å²) in [4.78, 5) is 12.2. The maximum Gasteiger partial charge on any atom is 0.261 e. The largest absolute Gasteiger partial charge is 0.392 e. The van der Waals surface area contributed by atoms with Crippen molar-refractivity contribution in [2.45, 2.75) is 13.2 Å². The Labute approximate surface area is 116 Å². The highest BCUT2D eigenvalue weighted by atomic mass is 32.1. The molecule has 3 N–H and O–H groups in total. The number of pyridine rings is 1. The molecular weight excluding hydrogens is 260 g/mol. The quantitative estimate of drug-likeness (QED) is 0.817. The van der Waals surface area contributed by atoms with Crippen LogP contribution >= 0.6 is 12.2 Å². The van der Waals surface area contributed by atoms with Crippen LogP contribution in [0.15, 0.2) is 47.4 Å². The lowest BCUT2D eigenvalue weighted by Gasteiger charge is -2.08. The molecule has 1 aromatic heterocycles. The molecule has 0 radical (unpaired) electrons. The normalized spacial score (nSPS) is 10.4. The number of aliphatic hydroxyl groups excluding tert-OH is 1. The van der Waals surface area contributed by atoms with Crippen molar-refractivity contribution < 1.29 is 5.11 Å². The van der Waals surface area contributed by atoms with Gasteiger partial charge in [-0.05, 0) is 23.3 Å². The fourth-order valence-electron chi connectivity index (χ4n) is 1.80. The van der Waals surface area contributed by atoms with E-state index >= 15 is 0 Å². The first kappa shape index (κ1) is 13.5. The number of thiocarbonyl (C=S) groups is 1. The molecule has 2 aromatic rings. The summed E-state index contributed by atoms with van der Waals surface area (Å²) in [5, 5.41) is 8.98. The SMILES string of the molecule is NC(=S)c1cccn(Cc2ccc(CO)cc2)c1=O. The minimum Gasteiger partial charge on any atom is -0.392 e. The molecule has 0 bridgehead atoms. The molecule has 0 fully saturated rings. The smallest absolute Gasteiger partial charge is 0.261 e. The minimum atomic E-state index is -0.193. The second kappa shape index (κ2) is 5.77. The van der Waals surface area contributed by atoms with Crippen molar-refractivity contribution >= 4 is 17.2 Å². The third kappa shape index (κ3) is 3.07. The van der Waals surface area contributed by atoms with Gasteiger partial charge in [0.25, 0.3) is 5.56 Å². The van der Waals surface area contributed by atoms with Crippen molar-refractivity contribution in [2.24, 2.45) is 5.73 Å². The van der Waals surface area contributed by atoms with E-state index in [-0.39, 0.29) is 17.2 Å². The molecule has 1 aromatic carbocycles. The molecule has 1 heterocycles. The molecule has 0 amide bonds. The van der Waals surface area contributed by atoms with E-state index in [4.69, 9.17) is 23.1 Å². The van der Waals surface area contributed by atoms with Crippen LogP contribution in [0, 0.1) is 0 Å². The van der Waals surface area contributed by atoms with Gasteiger partial charge in [-0.15, -0.1) is 0 Å². The molecule has 0 atom stereocenters. The van der Waals surface area contributed by atoms with Gasteiger partial charge in [-0.1, -0.05) is 36.5 Å². The highest BCUT2D eigenvalue weighted by molar-refractivity contribution is 7.80. The van der Waals surface area contributed by atoms with E-state index in [1.165, 1.54) is 0 Å². The van der Waals surface area contributed by atoms with Crippen molar-refractivity contribution in [1.82, 2.24) is 4.57 Å². The number of benzene rings is 1. The third-order valence-corrected chi connectivity index (χ3v) is 3.06. The maximum atomic E-state index is 12.1. The van der Waals surface area contributed by atoms with Gasteiger partial charge < -0.3 is 15.4 Å². The first-order valence-corrected chi connectivity index (χ1v) is 6.20. The lowest BCUT2D eigenvalue weighted by Crippen LogP contribution is -2.28. The van der Waals surface area contributed by atoms with E-state index in [1.807, 2.05) is 24.3 Å². The Morgan fingerprint density at radius 2 is 1.84 bits per heavy atom. The average Bonchev–Trinajstić information content (AvgIpc) is 2.41. The zero-order chi connectivity index (χ0) is 13.8. The van der Waals surface area contributed by atoms with E-state index in [0.29, 0.717) is 12.1 Å². The first-order chi connectivity index (χ1) is 9.11. The molecule has 2 rings (SSSR count). The van der Waals surface area contributed by atoms with Crippen molar-refractivity contribution in [3.8, 4) is 0 Å². The Balaban J connectivity index is 2.30. The van der Waals surface area contributed by atoms with Gasteiger partial charge in [0.05, 0.1) is 18.7 Å². The first-order valence-electron chi connectivity index (χ1n) is 5.80.